The first-order chi connectivity index (χ1) is 12.8. The fraction of sp³-hybridized carbons (Fsp3) is 0.526. The van der Waals surface area contributed by atoms with E-state index in [-0.39, 0.29) is 12.0 Å². The van der Waals surface area contributed by atoms with Crippen molar-refractivity contribution in [1.29, 1.82) is 0 Å². The molecule has 2 aliphatic rings. The Kier molecular flexibility index (Phi) is 5.15. The zero-order valence-electron chi connectivity index (χ0n) is 14.8. The van der Waals surface area contributed by atoms with Gasteiger partial charge in [-0.15, -0.1) is 0 Å². The Labute approximate surface area is 152 Å². The molecule has 4 heterocycles. The number of piperidine rings is 1. The van der Waals surface area contributed by atoms with Gasteiger partial charge in [0.2, 0.25) is 5.88 Å². The van der Waals surface area contributed by atoms with Crippen LogP contribution in [0.3, 0.4) is 0 Å². The molecule has 0 aliphatic carbocycles. The molecule has 2 aromatic heterocycles. The van der Waals surface area contributed by atoms with Gasteiger partial charge < -0.3 is 19.4 Å². The van der Waals surface area contributed by atoms with E-state index in [2.05, 4.69) is 21.0 Å². The van der Waals surface area contributed by atoms with E-state index in [1.165, 1.54) is 5.56 Å². The van der Waals surface area contributed by atoms with E-state index < -0.39 is 0 Å². The lowest BCUT2D eigenvalue weighted by atomic mass is 9.92. The van der Waals surface area contributed by atoms with Crippen LogP contribution in [0.1, 0.15) is 47.8 Å². The number of carbonyl (C=O) groups excluding carboxylic acids is 1. The number of aromatic nitrogens is 3. The van der Waals surface area contributed by atoms with Gasteiger partial charge in [-0.25, -0.2) is 9.97 Å². The molecule has 0 spiro atoms. The van der Waals surface area contributed by atoms with Crippen LogP contribution in [0.4, 0.5) is 0 Å². The maximum absolute atomic E-state index is 12.4. The molecule has 7 heteroatoms. The third-order valence-corrected chi connectivity index (χ3v) is 5.17. The Balaban J connectivity index is 1.37. The first kappa shape index (κ1) is 17.0. The topological polar surface area (TPSA) is 80.3 Å². The van der Waals surface area contributed by atoms with Gasteiger partial charge in [-0.1, -0.05) is 6.07 Å². The number of likely N-dealkylation sites (tertiary alicyclic amines) is 1. The molecule has 2 aromatic rings. The number of amides is 1. The van der Waals surface area contributed by atoms with E-state index in [9.17, 15) is 4.79 Å². The van der Waals surface area contributed by atoms with Crippen LogP contribution in [0, 0.1) is 0 Å². The van der Waals surface area contributed by atoms with Crippen molar-refractivity contribution in [2.45, 2.75) is 37.7 Å². The van der Waals surface area contributed by atoms with Crippen LogP contribution in [0.2, 0.25) is 0 Å². The molecule has 0 radical (unpaired) electrons. The van der Waals surface area contributed by atoms with Crippen molar-refractivity contribution in [2.75, 3.05) is 26.3 Å². The summed E-state index contributed by atoms with van der Waals surface area (Å²) in [6, 6.07) is 4.09. The van der Waals surface area contributed by atoms with Crippen molar-refractivity contribution in [2.24, 2.45) is 0 Å². The van der Waals surface area contributed by atoms with Gasteiger partial charge in [0.05, 0.1) is 0 Å². The van der Waals surface area contributed by atoms with Gasteiger partial charge in [0.25, 0.3) is 5.91 Å². The van der Waals surface area contributed by atoms with Gasteiger partial charge in [0, 0.05) is 63.3 Å². The summed E-state index contributed by atoms with van der Waals surface area (Å²) in [5, 5.41) is 0. The predicted molar refractivity (Wildman–Crippen MR) is 95.2 cm³/mol. The van der Waals surface area contributed by atoms with Crippen molar-refractivity contribution in [3.05, 3.63) is 42.1 Å². The van der Waals surface area contributed by atoms with E-state index >= 15 is 0 Å². The number of carbonyl (C=O) groups is 1. The minimum atomic E-state index is -0.0471. The first-order valence-corrected chi connectivity index (χ1v) is 9.29. The van der Waals surface area contributed by atoms with Crippen molar-refractivity contribution in [1.82, 2.24) is 19.9 Å². The Morgan fingerprint density at radius 2 is 1.96 bits per heavy atom. The average Bonchev–Trinajstić information content (AvgIpc) is 3.24. The zero-order chi connectivity index (χ0) is 17.8. The minimum absolute atomic E-state index is 0.0471. The molecule has 138 valence electrons. The Morgan fingerprint density at radius 3 is 2.69 bits per heavy atom. The smallest absolute Gasteiger partial charge is 0.289 e. The molecule has 4 rings (SSSR count). The number of hydrogen-bond acceptors (Lipinski definition) is 5. The highest BCUT2D eigenvalue weighted by Crippen LogP contribution is 2.33. The second-order valence-corrected chi connectivity index (χ2v) is 6.83. The quantitative estimate of drug-likeness (QED) is 0.910. The van der Waals surface area contributed by atoms with Crippen molar-refractivity contribution in [3.8, 4) is 5.88 Å². The van der Waals surface area contributed by atoms with E-state index in [1.807, 2.05) is 11.0 Å². The summed E-state index contributed by atoms with van der Waals surface area (Å²) in [7, 11) is 0. The van der Waals surface area contributed by atoms with E-state index in [0.29, 0.717) is 24.8 Å². The first-order valence-electron chi connectivity index (χ1n) is 9.29. The summed E-state index contributed by atoms with van der Waals surface area (Å²) < 4.78 is 11.7. The number of rotatable bonds is 4. The fourth-order valence-electron chi connectivity index (χ4n) is 3.69. The highest BCUT2D eigenvalue weighted by atomic mass is 16.5. The molecule has 2 saturated heterocycles. The molecule has 0 aromatic carbocycles. The van der Waals surface area contributed by atoms with Crippen LogP contribution in [0.15, 0.2) is 30.7 Å². The molecule has 0 bridgehead atoms. The SMILES string of the molecule is O=C(c1ncc[nH]1)N1CCC(Oc2ncccc2C2CCOCC2)CC1. The molecule has 0 atom stereocenters. The number of nitrogens with one attached hydrogen (secondary N) is 1. The third-order valence-electron chi connectivity index (χ3n) is 5.17. The van der Waals surface area contributed by atoms with Gasteiger partial charge in [-0.05, 0) is 24.8 Å². The highest BCUT2D eigenvalue weighted by Gasteiger charge is 2.27. The molecule has 2 fully saturated rings. The second-order valence-electron chi connectivity index (χ2n) is 6.83. The summed E-state index contributed by atoms with van der Waals surface area (Å²) in [6.45, 7) is 2.94. The van der Waals surface area contributed by atoms with Crippen LogP contribution < -0.4 is 4.74 Å². The number of H-pyrrole nitrogens is 1. The number of nitrogens with zero attached hydrogens (tertiary/aromatic N) is 3. The van der Waals surface area contributed by atoms with Gasteiger partial charge in [-0.2, -0.15) is 0 Å². The molecule has 1 amide bonds. The summed E-state index contributed by atoms with van der Waals surface area (Å²) in [5.74, 6) is 1.55. The van der Waals surface area contributed by atoms with Crippen molar-refractivity contribution >= 4 is 5.91 Å². The predicted octanol–water partition coefficient (Wildman–Crippen LogP) is 2.38. The molecular formula is C19H24N4O3. The van der Waals surface area contributed by atoms with E-state index in [0.717, 1.165) is 44.8 Å². The van der Waals surface area contributed by atoms with Gasteiger partial charge in [0.15, 0.2) is 5.82 Å². The van der Waals surface area contributed by atoms with Crippen molar-refractivity contribution in [3.63, 3.8) is 0 Å². The lowest BCUT2D eigenvalue weighted by Crippen LogP contribution is -2.42. The van der Waals surface area contributed by atoms with Crippen LogP contribution in [-0.2, 0) is 4.74 Å². The molecule has 1 N–H and O–H groups in total. The number of pyridine rings is 1. The normalized spacial score (nSPS) is 19.5. The maximum Gasteiger partial charge on any atom is 0.289 e. The highest BCUT2D eigenvalue weighted by molar-refractivity contribution is 5.90. The number of imidazole rings is 1. The lowest BCUT2D eigenvalue weighted by molar-refractivity contribution is 0.0569. The maximum atomic E-state index is 12.4. The van der Waals surface area contributed by atoms with Crippen LogP contribution in [0.25, 0.3) is 0 Å². The summed E-state index contributed by atoms with van der Waals surface area (Å²) in [5.41, 5.74) is 1.19. The van der Waals surface area contributed by atoms with E-state index in [1.54, 1.807) is 18.6 Å². The zero-order valence-corrected chi connectivity index (χ0v) is 14.8. The molecular weight excluding hydrogens is 332 g/mol. The molecule has 7 nitrogen and oxygen atoms in total. The Bertz CT molecular complexity index is 720. The monoisotopic (exact) mass is 356 g/mol. The number of aromatic amines is 1. The number of hydrogen-bond donors (Lipinski definition) is 1. The van der Waals surface area contributed by atoms with Gasteiger partial charge in [-0.3, -0.25) is 4.79 Å². The third kappa shape index (κ3) is 3.72. The van der Waals surface area contributed by atoms with Gasteiger partial charge >= 0.3 is 0 Å². The Morgan fingerprint density at radius 1 is 1.15 bits per heavy atom. The molecule has 26 heavy (non-hydrogen) atoms. The van der Waals surface area contributed by atoms with Crippen LogP contribution in [0.5, 0.6) is 5.88 Å². The minimum Gasteiger partial charge on any atom is -0.474 e. The molecule has 2 aliphatic heterocycles. The Hall–Kier alpha value is -2.41. The number of ether oxygens (including phenoxy) is 2. The van der Waals surface area contributed by atoms with Crippen LogP contribution >= 0.6 is 0 Å². The average molecular weight is 356 g/mol. The molecule has 0 unspecified atom stereocenters. The largest absolute Gasteiger partial charge is 0.474 e. The van der Waals surface area contributed by atoms with Crippen molar-refractivity contribution < 1.29 is 14.3 Å². The molecule has 0 saturated carbocycles. The summed E-state index contributed by atoms with van der Waals surface area (Å²) in [4.78, 5) is 25.6. The second kappa shape index (κ2) is 7.86. The standard InChI is InChI=1S/C19H24N4O3/c24-19(17-20-8-9-21-17)23-10-3-15(4-11-23)26-18-16(2-1-7-22-18)14-5-12-25-13-6-14/h1-2,7-9,14-15H,3-6,10-13H2,(H,20,21). The van der Waals surface area contributed by atoms with Crippen LogP contribution in [-0.4, -0.2) is 58.2 Å². The fourth-order valence-corrected chi connectivity index (χ4v) is 3.69. The summed E-state index contributed by atoms with van der Waals surface area (Å²) in [6.07, 6.45) is 8.77. The summed E-state index contributed by atoms with van der Waals surface area (Å²) >= 11 is 0. The lowest BCUT2D eigenvalue weighted by Gasteiger charge is -2.32. The van der Waals surface area contributed by atoms with E-state index in [4.69, 9.17) is 9.47 Å². The van der Waals surface area contributed by atoms with Gasteiger partial charge in [0.1, 0.15) is 6.10 Å².